The second-order valence-corrected chi connectivity index (χ2v) is 3.03. The number of hydrogen-bond acceptors (Lipinski definition) is 4. The van der Waals surface area contributed by atoms with Crippen molar-refractivity contribution < 1.29 is 13.5 Å². The normalized spacial score (nSPS) is 9.71. The summed E-state index contributed by atoms with van der Waals surface area (Å²) in [6, 6.07) is 4.90. The molecule has 2 aromatic rings. The van der Waals surface area contributed by atoms with E-state index >= 15 is 0 Å². The first-order valence-electron chi connectivity index (χ1n) is 4.54. The first kappa shape index (κ1) is 11.0. The molecule has 1 aromatic carbocycles. The third-order valence-electron chi connectivity index (χ3n) is 1.86. The molecule has 0 aliphatic carbocycles. The van der Waals surface area contributed by atoms with Gasteiger partial charge in [-0.2, -0.15) is 5.26 Å². The number of aromatic nitrogens is 2. The van der Waals surface area contributed by atoms with E-state index < -0.39 is 11.6 Å². The van der Waals surface area contributed by atoms with E-state index in [0.29, 0.717) is 0 Å². The standard InChI is InChI=1S/C11H5F2N3O/c12-9-2-1-8(3-10(9)13)17-11-6-15-7(4-14)5-16-11/h1-3,5-6H. The lowest BCUT2D eigenvalue weighted by molar-refractivity contribution is 0.445. The average molecular weight is 233 g/mol. The SMILES string of the molecule is N#Cc1cnc(Oc2ccc(F)c(F)c2)cn1. The maximum Gasteiger partial charge on any atom is 0.237 e. The minimum atomic E-state index is -1.01. The third kappa shape index (κ3) is 2.52. The van der Waals surface area contributed by atoms with Gasteiger partial charge in [0.05, 0.1) is 12.4 Å². The lowest BCUT2D eigenvalue weighted by Crippen LogP contribution is -1.92. The minimum Gasteiger partial charge on any atom is -0.437 e. The third-order valence-corrected chi connectivity index (χ3v) is 1.86. The van der Waals surface area contributed by atoms with Crippen LogP contribution >= 0.6 is 0 Å². The zero-order valence-electron chi connectivity index (χ0n) is 8.39. The van der Waals surface area contributed by atoms with Gasteiger partial charge in [0.1, 0.15) is 11.8 Å². The number of halogens is 2. The fourth-order valence-electron chi connectivity index (χ4n) is 1.09. The Balaban J connectivity index is 2.20. The molecule has 1 heterocycles. The molecular weight excluding hydrogens is 228 g/mol. The minimum absolute atomic E-state index is 0.0926. The molecule has 0 N–H and O–H groups in total. The van der Waals surface area contributed by atoms with Crippen molar-refractivity contribution in [2.24, 2.45) is 0 Å². The Bertz CT molecular complexity index is 578. The van der Waals surface area contributed by atoms with E-state index in [1.807, 2.05) is 0 Å². The van der Waals surface area contributed by atoms with Gasteiger partial charge < -0.3 is 4.74 Å². The van der Waals surface area contributed by atoms with Crippen LogP contribution in [0, 0.1) is 23.0 Å². The van der Waals surface area contributed by atoms with Gasteiger partial charge in [0.2, 0.25) is 5.88 Å². The summed E-state index contributed by atoms with van der Waals surface area (Å²) in [7, 11) is 0. The van der Waals surface area contributed by atoms with E-state index in [-0.39, 0.29) is 17.3 Å². The zero-order chi connectivity index (χ0) is 12.3. The summed E-state index contributed by atoms with van der Waals surface area (Å²) in [4.78, 5) is 7.49. The molecule has 0 bridgehead atoms. The van der Waals surface area contributed by atoms with Crippen LogP contribution in [-0.2, 0) is 0 Å². The van der Waals surface area contributed by atoms with Gasteiger partial charge in [-0.1, -0.05) is 0 Å². The van der Waals surface area contributed by atoms with Crippen molar-refractivity contribution in [3.63, 3.8) is 0 Å². The number of rotatable bonds is 2. The van der Waals surface area contributed by atoms with Crippen molar-refractivity contribution in [2.45, 2.75) is 0 Å². The molecule has 0 atom stereocenters. The Morgan fingerprint density at radius 1 is 1.12 bits per heavy atom. The van der Waals surface area contributed by atoms with Crippen molar-refractivity contribution in [3.8, 4) is 17.7 Å². The number of benzene rings is 1. The van der Waals surface area contributed by atoms with Gasteiger partial charge in [-0.25, -0.2) is 18.7 Å². The second kappa shape index (κ2) is 4.53. The van der Waals surface area contributed by atoms with Crippen LogP contribution in [0.25, 0.3) is 0 Å². The average Bonchev–Trinajstić information content (AvgIpc) is 2.35. The molecule has 0 radical (unpaired) electrons. The van der Waals surface area contributed by atoms with E-state index in [1.54, 1.807) is 6.07 Å². The van der Waals surface area contributed by atoms with Crippen LogP contribution in [0.2, 0.25) is 0 Å². The summed E-state index contributed by atoms with van der Waals surface area (Å²) in [5.41, 5.74) is 0.141. The first-order valence-corrected chi connectivity index (χ1v) is 4.54. The van der Waals surface area contributed by atoms with Crippen LogP contribution in [0.15, 0.2) is 30.6 Å². The molecule has 1 aromatic heterocycles. The van der Waals surface area contributed by atoms with Gasteiger partial charge in [-0.3, -0.25) is 0 Å². The highest BCUT2D eigenvalue weighted by Crippen LogP contribution is 2.20. The van der Waals surface area contributed by atoms with Gasteiger partial charge in [-0.05, 0) is 12.1 Å². The fourth-order valence-corrected chi connectivity index (χ4v) is 1.09. The first-order chi connectivity index (χ1) is 8.19. The quantitative estimate of drug-likeness (QED) is 0.799. The Morgan fingerprint density at radius 3 is 2.53 bits per heavy atom. The molecule has 0 spiro atoms. The molecule has 0 aliphatic heterocycles. The van der Waals surface area contributed by atoms with Crippen LogP contribution in [0.1, 0.15) is 5.69 Å². The van der Waals surface area contributed by atoms with Crippen LogP contribution < -0.4 is 4.74 Å². The monoisotopic (exact) mass is 233 g/mol. The van der Waals surface area contributed by atoms with Crippen molar-refractivity contribution in [1.82, 2.24) is 9.97 Å². The Labute approximate surface area is 95.1 Å². The molecule has 0 unspecified atom stereocenters. The van der Waals surface area contributed by atoms with E-state index in [1.165, 1.54) is 18.5 Å². The largest absolute Gasteiger partial charge is 0.437 e. The Morgan fingerprint density at radius 2 is 1.94 bits per heavy atom. The maximum atomic E-state index is 12.9. The lowest BCUT2D eigenvalue weighted by Gasteiger charge is -2.03. The van der Waals surface area contributed by atoms with E-state index in [9.17, 15) is 8.78 Å². The predicted octanol–water partition coefficient (Wildman–Crippen LogP) is 2.42. The summed E-state index contributed by atoms with van der Waals surface area (Å²) < 4.78 is 30.6. The summed E-state index contributed by atoms with van der Waals surface area (Å²) in [6.45, 7) is 0. The molecular formula is C11H5F2N3O. The van der Waals surface area contributed by atoms with Gasteiger partial charge in [0.15, 0.2) is 17.3 Å². The van der Waals surface area contributed by atoms with E-state index in [2.05, 4.69) is 9.97 Å². The molecule has 0 saturated carbocycles. The second-order valence-electron chi connectivity index (χ2n) is 3.03. The molecule has 84 valence electrons. The number of ether oxygens (including phenoxy) is 1. The van der Waals surface area contributed by atoms with Gasteiger partial charge in [0.25, 0.3) is 0 Å². The highest BCUT2D eigenvalue weighted by molar-refractivity contribution is 5.28. The summed E-state index contributed by atoms with van der Waals surface area (Å²) in [6.07, 6.45) is 2.44. The van der Waals surface area contributed by atoms with Crippen LogP contribution in [0.5, 0.6) is 11.6 Å². The molecule has 6 heteroatoms. The summed E-state index contributed by atoms with van der Waals surface area (Å²) in [5.74, 6) is -1.77. The number of hydrogen-bond donors (Lipinski definition) is 0. The predicted molar refractivity (Wildman–Crippen MR) is 53.2 cm³/mol. The smallest absolute Gasteiger partial charge is 0.237 e. The highest BCUT2D eigenvalue weighted by atomic mass is 19.2. The van der Waals surface area contributed by atoms with E-state index in [0.717, 1.165) is 12.1 Å². The van der Waals surface area contributed by atoms with E-state index in [4.69, 9.17) is 10.00 Å². The van der Waals surface area contributed by atoms with Crippen molar-refractivity contribution in [3.05, 3.63) is 47.9 Å². The lowest BCUT2D eigenvalue weighted by atomic mass is 10.3. The van der Waals surface area contributed by atoms with Crippen LogP contribution in [0.4, 0.5) is 8.78 Å². The van der Waals surface area contributed by atoms with Crippen molar-refractivity contribution in [1.29, 1.82) is 5.26 Å². The Hall–Kier alpha value is -2.55. The molecule has 0 aliphatic rings. The zero-order valence-corrected chi connectivity index (χ0v) is 8.39. The summed E-state index contributed by atoms with van der Waals surface area (Å²) in [5, 5.41) is 8.50. The van der Waals surface area contributed by atoms with Crippen molar-refractivity contribution in [2.75, 3.05) is 0 Å². The molecule has 0 amide bonds. The number of nitriles is 1. The highest BCUT2D eigenvalue weighted by Gasteiger charge is 2.05. The molecule has 0 fully saturated rings. The maximum absolute atomic E-state index is 12.9. The fraction of sp³-hybridized carbons (Fsp3) is 0. The summed E-state index contributed by atoms with van der Waals surface area (Å²) >= 11 is 0. The molecule has 17 heavy (non-hydrogen) atoms. The van der Waals surface area contributed by atoms with Crippen molar-refractivity contribution >= 4 is 0 Å². The van der Waals surface area contributed by atoms with Crippen LogP contribution in [0.3, 0.4) is 0 Å². The Kier molecular flexibility index (Phi) is 2.92. The number of nitrogens with zero attached hydrogens (tertiary/aromatic N) is 3. The van der Waals surface area contributed by atoms with Crippen LogP contribution in [-0.4, -0.2) is 9.97 Å². The van der Waals surface area contributed by atoms with Gasteiger partial charge in [-0.15, -0.1) is 0 Å². The topological polar surface area (TPSA) is 58.8 Å². The molecule has 0 saturated heterocycles. The molecule has 4 nitrogen and oxygen atoms in total. The van der Waals surface area contributed by atoms with Gasteiger partial charge >= 0.3 is 0 Å². The molecule has 2 rings (SSSR count). The van der Waals surface area contributed by atoms with Gasteiger partial charge in [0, 0.05) is 6.07 Å².